The van der Waals surface area contributed by atoms with Gasteiger partial charge in [-0.05, 0) is 12.7 Å². The fourth-order valence-corrected chi connectivity index (χ4v) is 0.746. The van der Waals surface area contributed by atoms with E-state index in [-0.39, 0.29) is 18.2 Å². The molecule has 0 aliphatic rings. The number of likely N-dealkylation sites (N-methyl/N-ethyl adjacent to an activating group) is 1. The number of hydrogen-bond donors (Lipinski definition) is 0. The van der Waals surface area contributed by atoms with Crippen LogP contribution in [0.1, 0.15) is 0 Å². The van der Waals surface area contributed by atoms with Crippen LogP contribution >= 0.6 is 0 Å². The average molecular weight is 226 g/mol. The van der Waals surface area contributed by atoms with Gasteiger partial charge in [-0.25, -0.2) is 0 Å². The molecule has 0 aromatic carbocycles. The van der Waals surface area contributed by atoms with Gasteiger partial charge in [0, 0.05) is 25.9 Å². The highest BCUT2D eigenvalue weighted by Gasteiger charge is 2.09. The van der Waals surface area contributed by atoms with Crippen LogP contribution in [0.3, 0.4) is 0 Å². The Morgan fingerprint density at radius 2 is 2.06 bits per heavy atom. The Labute approximate surface area is 93.6 Å². The lowest BCUT2D eigenvalue weighted by molar-refractivity contribution is -0.418. The van der Waals surface area contributed by atoms with Gasteiger partial charge in [0.1, 0.15) is 6.61 Å². The van der Waals surface area contributed by atoms with Gasteiger partial charge in [-0.15, -0.1) is 0 Å². The van der Waals surface area contributed by atoms with Crippen molar-refractivity contribution in [2.24, 2.45) is 0 Å². The predicted molar refractivity (Wildman–Crippen MR) is 59.1 cm³/mol. The third-order valence-electron chi connectivity index (χ3n) is 1.78. The van der Waals surface area contributed by atoms with Crippen molar-refractivity contribution in [1.29, 1.82) is 0 Å². The summed E-state index contributed by atoms with van der Waals surface area (Å²) in [6, 6.07) is 0. The van der Waals surface area contributed by atoms with Crippen molar-refractivity contribution in [2.75, 3.05) is 20.8 Å². The van der Waals surface area contributed by atoms with Crippen LogP contribution in [0.4, 0.5) is 0 Å². The summed E-state index contributed by atoms with van der Waals surface area (Å²) in [4.78, 5) is 22.2. The van der Waals surface area contributed by atoms with Crippen LogP contribution in [-0.4, -0.2) is 36.5 Å². The van der Waals surface area contributed by atoms with Crippen molar-refractivity contribution >= 4 is 5.91 Å². The smallest absolute Gasteiger partial charge is 0.262 e. The molecule has 0 saturated carbocycles. The molecule has 6 heteroatoms. The quantitative estimate of drug-likeness (QED) is 0.384. The molecule has 0 unspecified atom stereocenters. The normalized spacial score (nSPS) is 10.1. The number of hydrogen-bond acceptors (Lipinski definition) is 4. The van der Waals surface area contributed by atoms with Crippen molar-refractivity contribution in [3.05, 3.63) is 46.8 Å². The topological polar surface area (TPSA) is 72.7 Å². The molecule has 0 saturated heterocycles. The second-order valence-corrected chi connectivity index (χ2v) is 2.96. The van der Waals surface area contributed by atoms with Gasteiger partial charge < -0.3 is 9.64 Å². The molecule has 0 spiro atoms. The van der Waals surface area contributed by atoms with Crippen LogP contribution in [-0.2, 0) is 9.53 Å². The standard InChI is InChI=1S/C10H14N2O4/c1-8(5-6-9(2)12(14)15)11(3)10(13)7-16-4/h5-6H,1-2,7H2,3-4H3/b6-5-. The minimum absolute atomic E-state index is 0.0699. The van der Waals surface area contributed by atoms with Crippen LogP contribution in [0.25, 0.3) is 0 Å². The first-order valence-electron chi connectivity index (χ1n) is 4.36. The Kier molecular flexibility index (Phi) is 5.72. The zero-order valence-corrected chi connectivity index (χ0v) is 9.30. The maximum absolute atomic E-state index is 11.3. The number of ether oxygens (including phenoxy) is 1. The second kappa shape index (κ2) is 6.52. The van der Waals surface area contributed by atoms with Crippen molar-refractivity contribution in [3.8, 4) is 0 Å². The Morgan fingerprint density at radius 3 is 2.50 bits per heavy atom. The summed E-state index contributed by atoms with van der Waals surface area (Å²) in [5.74, 6) is -0.288. The van der Waals surface area contributed by atoms with Gasteiger partial charge in [0.05, 0.1) is 4.92 Å². The zero-order valence-electron chi connectivity index (χ0n) is 9.30. The molecular formula is C10H14N2O4. The summed E-state index contributed by atoms with van der Waals surface area (Å²) >= 11 is 0. The van der Waals surface area contributed by atoms with Crippen LogP contribution in [0, 0.1) is 10.1 Å². The van der Waals surface area contributed by atoms with Gasteiger partial charge in [0.2, 0.25) is 0 Å². The maximum atomic E-state index is 11.3. The first-order chi connectivity index (χ1) is 7.40. The molecule has 0 aliphatic heterocycles. The molecule has 88 valence electrons. The summed E-state index contributed by atoms with van der Waals surface area (Å²) < 4.78 is 4.66. The van der Waals surface area contributed by atoms with Crippen molar-refractivity contribution in [2.45, 2.75) is 0 Å². The third kappa shape index (κ3) is 4.52. The molecule has 0 aromatic rings. The minimum Gasteiger partial charge on any atom is -0.375 e. The Balaban J connectivity index is 4.41. The molecule has 0 aromatic heterocycles. The van der Waals surface area contributed by atoms with E-state index in [1.54, 1.807) is 0 Å². The molecule has 0 fully saturated rings. The number of carbonyl (C=O) groups is 1. The Hall–Kier alpha value is -1.95. The molecule has 6 nitrogen and oxygen atoms in total. The lowest BCUT2D eigenvalue weighted by atomic mass is 10.3. The Bertz CT molecular complexity index is 347. The summed E-state index contributed by atoms with van der Waals surface area (Å²) in [7, 11) is 2.90. The number of carbonyl (C=O) groups excluding carboxylic acids is 1. The van der Waals surface area contributed by atoms with Gasteiger partial charge in [-0.2, -0.15) is 0 Å². The predicted octanol–water partition coefficient (Wildman–Crippen LogP) is 0.951. The molecular weight excluding hydrogens is 212 g/mol. The van der Waals surface area contributed by atoms with E-state index in [4.69, 9.17) is 0 Å². The third-order valence-corrected chi connectivity index (χ3v) is 1.78. The van der Waals surface area contributed by atoms with Gasteiger partial charge in [-0.1, -0.05) is 6.58 Å². The highest BCUT2D eigenvalue weighted by atomic mass is 16.6. The number of nitro groups is 1. The molecule has 0 aliphatic carbocycles. The fraction of sp³-hybridized carbons (Fsp3) is 0.300. The first kappa shape index (κ1) is 14.1. The molecule has 0 bridgehead atoms. The van der Waals surface area contributed by atoms with E-state index in [1.165, 1.54) is 31.2 Å². The lowest BCUT2D eigenvalue weighted by Crippen LogP contribution is -2.28. The summed E-state index contributed by atoms with van der Waals surface area (Å²) in [6.45, 7) is 6.73. The molecule has 0 atom stereocenters. The van der Waals surface area contributed by atoms with Crippen LogP contribution < -0.4 is 0 Å². The fourth-order valence-electron chi connectivity index (χ4n) is 0.746. The maximum Gasteiger partial charge on any atom is 0.262 e. The van der Waals surface area contributed by atoms with Gasteiger partial charge in [-0.3, -0.25) is 14.9 Å². The lowest BCUT2D eigenvalue weighted by Gasteiger charge is -2.16. The summed E-state index contributed by atoms with van der Waals surface area (Å²) in [5, 5.41) is 10.2. The summed E-state index contributed by atoms with van der Waals surface area (Å²) in [5.41, 5.74) is 0.0544. The second-order valence-electron chi connectivity index (χ2n) is 2.96. The van der Waals surface area contributed by atoms with E-state index in [2.05, 4.69) is 17.9 Å². The van der Waals surface area contributed by atoms with E-state index in [9.17, 15) is 14.9 Å². The number of allylic oxidation sites excluding steroid dienone is 2. The van der Waals surface area contributed by atoms with Gasteiger partial charge in [0.25, 0.3) is 11.6 Å². The van der Waals surface area contributed by atoms with E-state index in [0.717, 1.165) is 0 Å². The van der Waals surface area contributed by atoms with Gasteiger partial charge in [0.15, 0.2) is 0 Å². The van der Waals surface area contributed by atoms with Crippen molar-refractivity contribution < 1.29 is 14.5 Å². The van der Waals surface area contributed by atoms with E-state index >= 15 is 0 Å². The SMILES string of the molecule is C=C(/C=C\C(=C)[N+](=O)[O-])N(C)C(=O)COC. The molecule has 0 heterocycles. The van der Waals surface area contributed by atoms with Crippen molar-refractivity contribution in [1.82, 2.24) is 4.90 Å². The Morgan fingerprint density at radius 1 is 1.50 bits per heavy atom. The number of amides is 1. The average Bonchev–Trinajstić information content (AvgIpc) is 2.24. The molecule has 16 heavy (non-hydrogen) atoms. The monoisotopic (exact) mass is 226 g/mol. The van der Waals surface area contributed by atoms with E-state index < -0.39 is 4.92 Å². The van der Waals surface area contributed by atoms with Crippen LogP contribution in [0.2, 0.25) is 0 Å². The van der Waals surface area contributed by atoms with Crippen LogP contribution in [0.15, 0.2) is 36.7 Å². The minimum atomic E-state index is -0.624. The van der Waals surface area contributed by atoms with Gasteiger partial charge >= 0.3 is 0 Å². The van der Waals surface area contributed by atoms with E-state index in [0.29, 0.717) is 5.70 Å². The van der Waals surface area contributed by atoms with E-state index in [1.807, 2.05) is 0 Å². The number of rotatable bonds is 6. The first-order valence-corrected chi connectivity index (χ1v) is 4.36. The highest BCUT2D eigenvalue weighted by molar-refractivity contribution is 5.79. The largest absolute Gasteiger partial charge is 0.375 e. The van der Waals surface area contributed by atoms with Crippen molar-refractivity contribution in [3.63, 3.8) is 0 Å². The summed E-state index contributed by atoms with van der Waals surface area (Å²) in [6.07, 6.45) is 2.53. The molecule has 0 rings (SSSR count). The molecule has 1 amide bonds. The number of nitrogens with zero attached hydrogens (tertiary/aromatic N) is 2. The molecule has 0 N–H and O–H groups in total. The number of methoxy groups -OCH3 is 1. The zero-order chi connectivity index (χ0) is 12.7. The van der Waals surface area contributed by atoms with Crippen LogP contribution in [0.5, 0.6) is 0 Å². The molecule has 0 radical (unpaired) electrons. The highest BCUT2D eigenvalue weighted by Crippen LogP contribution is 2.03.